The van der Waals surface area contributed by atoms with Gasteiger partial charge in [-0.25, -0.2) is 0 Å². The van der Waals surface area contributed by atoms with Crippen LogP contribution in [0.3, 0.4) is 0 Å². The molecule has 0 atom stereocenters. The van der Waals surface area contributed by atoms with Gasteiger partial charge in [-0.05, 0) is 57.7 Å². The van der Waals surface area contributed by atoms with Crippen molar-refractivity contribution in [3.05, 3.63) is 59.7 Å². The first-order valence-electron chi connectivity index (χ1n) is 9.56. The van der Waals surface area contributed by atoms with Crippen molar-refractivity contribution in [2.45, 2.75) is 53.1 Å². The van der Waals surface area contributed by atoms with E-state index in [-0.39, 0.29) is 12.1 Å². The maximum Gasteiger partial charge on any atom is 0.312 e. The van der Waals surface area contributed by atoms with E-state index in [0.717, 1.165) is 5.56 Å². The molecule has 0 aliphatic carbocycles. The predicted molar refractivity (Wildman–Crippen MR) is 110 cm³/mol. The molecular formula is C23H30N2O2. The fourth-order valence-electron chi connectivity index (χ4n) is 3.38. The lowest BCUT2D eigenvalue weighted by molar-refractivity contribution is -0.148. The Morgan fingerprint density at radius 1 is 0.926 bits per heavy atom. The Bertz CT molecular complexity index is 774. The molecule has 0 saturated carbocycles. The Morgan fingerprint density at radius 3 is 2.15 bits per heavy atom. The first kappa shape index (κ1) is 20.7. The third-order valence-corrected chi connectivity index (χ3v) is 4.48. The van der Waals surface area contributed by atoms with Gasteiger partial charge in [0.2, 0.25) is 0 Å². The van der Waals surface area contributed by atoms with Gasteiger partial charge >= 0.3 is 11.8 Å². The number of hydrogen-bond donors (Lipinski definition) is 1. The van der Waals surface area contributed by atoms with Gasteiger partial charge in [-0.3, -0.25) is 9.59 Å². The van der Waals surface area contributed by atoms with Crippen LogP contribution in [0.15, 0.2) is 48.5 Å². The minimum Gasteiger partial charge on any atom is -0.347 e. The summed E-state index contributed by atoms with van der Waals surface area (Å²) in [5.74, 6) is -0.998. The van der Waals surface area contributed by atoms with Crippen molar-refractivity contribution in [2.24, 2.45) is 0 Å². The Labute approximate surface area is 162 Å². The fraction of sp³-hybridized carbons (Fsp3) is 0.391. The maximum atomic E-state index is 12.4. The lowest BCUT2D eigenvalue weighted by Crippen LogP contribution is -2.49. The number of nitrogens with one attached hydrogen (secondary N) is 1. The van der Waals surface area contributed by atoms with E-state index in [2.05, 4.69) is 42.6 Å². The quantitative estimate of drug-likeness (QED) is 0.787. The van der Waals surface area contributed by atoms with Crippen molar-refractivity contribution in [3.63, 3.8) is 0 Å². The second-order valence-electron chi connectivity index (χ2n) is 7.48. The molecule has 0 heterocycles. The summed E-state index contributed by atoms with van der Waals surface area (Å²) in [6.07, 6.45) is 0.684. The first-order chi connectivity index (χ1) is 12.8. The van der Waals surface area contributed by atoms with Crippen LogP contribution in [0.5, 0.6) is 0 Å². The highest BCUT2D eigenvalue weighted by Gasteiger charge is 2.25. The van der Waals surface area contributed by atoms with Crippen LogP contribution in [-0.4, -0.2) is 35.3 Å². The number of amides is 2. The van der Waals surface area contributed by atoms with Crippen LogP contribution in [-0.2, 0) is 16.0 Å². The molecule has 0 aliphatic heterocycles. The van der Waals surface area contributed by atoms with Crippen LogP contribution in [0.4, 0.5) is 0 Å². The van der Waals surface area contributed by atoms with E-state index in [0.29, 0.717) is 13.0 Å². The second-order valence-corrected chi connectivity index (χ2v) is 7.48. The molecule has 0 spiro atoms. The third-order valence-electron chi connectivity index (χ3n) is 4.48. The molecule has 2 rings (SSSR count). The first-order valence-corrected chi connectivity index (χ1v) is 9.56. The standard InChI is InChI=1S/C23H30N2O2/c1-16(2)25(17(3)4)23(27)22(26)24-12-11-19-13-18(5)14-21(15-19)20-9-7-6-8-10-20/h6-10,13-17H,11-12H2,1-5H3,(H,24,26). The molecule has 0 aliphatic rings. The van der Waals surface area contributed by atoms with E-state index < -0.39 is 11.8 Å². The van der Waals surface area contributed by atoms with Gasteiger partial charge in [-0.1, -0.05) is 54.1 Å². The lowest BCUT2D eigenvalue weighted by atomic mass is 9.99. The Morgan fingerprint density at radius 2 is 1.56 bits per heavy atom. The molecule has 2 aromatic carbocycles. The zero-order chi connectivity index (χ0) is 20.0. The van der Waals surface area contributed by atoms with E-state index in [9.17, 15) is 9.59 Å². The van der Waals surface area contributed by atoms with Crippen LogP contribution in [0.2, 0.25) is 0 Å². The second kappa shape index (κ2) is 9.36. The van der Waals surface area contributed by atoms with Crippen molar-refractivity contribution in [2.75, 3.05) is 6.54 Å². The molecule has 0 saturated heterocycles. The molecule has 0 fully saturated rings. The van der Waals surface area contributed by atoms with Gasteiger partial charge in [0, 0.05) is 18.6 Å². The van der Waals surface area contributed by atoms with E-state index in [1.165, 1.54) is 16.7 Å². The zero-order valence-electron chi connectivity index (χ0n) is 17.0. The van der Waals surface area contributed by atoms with Gasteiger partial charge < -0.3 is 10.2 Å². The Kier molecular flexibility index (Phi) is 7.17. The Balaban J connectivity index is 2.00. The van der Waals surface area contributed by atoms with Gasteiger partial charge in [0.05, 0.1) is 0 Å². The number of benzene rings is 2. The topological polar surface area (TPSA) is 49.4 Å². The van der Waals surface area contributed by atoms with Crippen molar-refractivity contribution in [1.82, 2.24) is 10.2 Å². The summed E-state index contributed by atoms with van der Waals surface area (Å²) in [6, 6.07) is 16.6. The molecule has 27 heavy (non-hydrogen) atoms. The number of aryl methyl sites for hydroxylation is 1. The van der Waals surface area contributed by atoms with Gasteiger partial charge in [0.25, 0.3) is 0 Å². The molecule has 144 valence electrons. The molecule has 1 N–H and O–H groups in total. The van der Waals surface area contributed by atoms with Gasteiger partial charge in [-0.15, -0.1) is 0 Å². The number of carbonyl (C=O) groups excluding carboxylic acids is 2. The average molecular weight is 367 g/mol. The Hall–Kier alpha value is -2.62. The molecule has 0 bridgehead atoms. The molecule has 0 radical (unpaired) electrons. The monoisotopic (exact) mass is 366 g/mol. The van der Waals surface area contributed by atoms with E-state index in [4.69, 9.17) is 0 Å². The summed E-state index contributed by atoms with van der Waals surface area (Å²) in [6.45, 7) is 10.2. The summed E-state index contributed by atoms with van der Waals surface area (Å²) in [5, 5.41) is 2.77. The van der Waals surface area contributed by atoms with Gasteiger partial charge in [0.1, 0.15) is 0 Å². The highest BCUT2D eigenvalue weighted by Crippen LogP contribution is 2.22. The maximum absolute atomic E-state index is 12.4. The number of carbonyl (C=O) groups is 2. The van der Waals surface area contributed by atoms with Crippen molar-refractivity contribution >= 4 is 11.8 Å². The molecule has 0 aromatic heterocycles. The summed E-state index contributed by atoms with van der Waals surface area (Å²) >= 11 is 0. The zero-order valence-corrected chi connectivity index (χ0v) is 17.0. The molecule has 4 heteroatoms. The van der Waals surface area contributed by atoms with Crippen LogP contribution in [0.25, 0.3) is 11.1 Å². The van der Waals surface area contributed by atoms with E-state index in [1.54, 1.807) is 4.90 Å². The van der Waals surface area contributed by atoms with Crippen molar-refractivity contribution in [1.29, 1.82) is 0 Å². The smallest absolute Gasteiger partial charge is 0.312 e. The minimum atomic E-state index is -0.534. The average Bonchev–Trinajstić information content (AvgIpc) is 2.61. The summed E-state index contributed by atoms with van der Waals surface area (Å²) < 4.78 is 0. The van der Waals surface area contributed by atoms with E-state index >= 15 is 0 Å². The molecule has 2 aromatic rings. The highest BCUT2D eigenvalue weighted by atomic mass is 16.2. The SMILES string of the molecule is Cc1cc(CCNC(=O)C(=O)N(C(C)C)C(C)C)cc(-c2ccccc2)c1. The third kappa shape index (κ3) is 5.68. The minimum absolute atomic E-state index is 0.00606. The highest BCUT2D eigenvalue weighted by molar-refractivity contribution is 6.35. The van der Waals surface area contributed by atoms with Crippen LogP contribution in [0.1, 0.15) is 38.8 Å². The van der Waals surface area contributed by atoms with Crippen molar-refractivity contribution < 1.29 is 9.59 Å². The number of rotatable bonds is 6. The van der Waals surface area contributed by atoms with Gasteiger partial charge in [-0.2, -0.15) is 0 Å². The largest absolute Gasteiger partial charge is 0.347 e. The van der Waals surface area contributed by atoms with Crippen LogP contribution in [0, 0.1) is 6.92 Å². The molecule has 2 amide bonds. The number of hydrogen-bond acceptors (Lipinski definition) is 2. The van der Waals surface area contributed by atoms with Crippen LogP contribution < -0.4 is 5.32 Å². The number of nitrogens with zero attached hydrogens (tertiary/aromatic N) is 1. The van der Waals surface area contributed by atoms with Crippen molar-refractivity contribution in [3.8, 4) is 11.1 Å². The fourth-order valence-corrected chi connectivity index (χ4v) is 3.38. The van der Waals surface area contributed by atoms with Crippen LogP contribution >= 0.6 is 0 Å². The normalized spacial score (nSPS) is 10.9. The summed E-state index contributed by atoms with van der Waals surface area (Å²) in [4.78, 5) is 26.2. The van der Waals surface area contributed by atoms with E-state index in [1.807, 2.05) is 45.9 Å². The van der Waals surface area contributed by atoms with Gasteiger partial charge in [0.15, 0.2) is 0 Å². The summed E-state index contributed by atoms with van der Waals surface area (Å²) in [7, 11) is 0. The molecule has 0 unspecified atom stereocenters. The molecule has 4 nitrogen and oxygen atoms in total. The predicted octanol–water partition coefficient (Wildman–Crippen LogP) is 3.97. The lowest BCUT2D eigenvalue weighted by Gasteiger charge is -2.29. The molecular weight excluding hydrogens is 336 g/mol. The summed E-state index contributed by atoms with van der Waals surface area (Å²) in [5.41, 5.74) is 4.66.